The average molecular weight is 241 g/mol. The Hall–Kier alpha value is -0.960. The van der Waals surface area contributed by atoms with E-state index in [4.69, 9.17) is 0 Å². The zero-order valence-electron chi connectivity index (χ0n) is 11.2. The molecule has 0 heterocycles. The first-order valence-corrected chi connectivity index (χ1v) is 5.82. The van der Waals surface area contributed by atoms with Gasteiger partial charge in [0.05, 0.1) is 0 Å². The topological polar surface area (TPSA) is 12.0 Å². The molecule has 0 saturated carbocycles. The third kappa shape index (κ3) is 4.08. The fraction of sp³-hybridized carbons (Fsp3) is 0.571. The minimum atomic E-state index is -0.536. The van der Waals surface area contributed by atoms with Crippen LogP contribution in [0.5, 0.6) is 0 Å². The molecule has 3 heteroatoms. The van der Waals surface area contributed by atoms with Gasteiger partial charge >= 0.3 is 0 Å². The Morgan fingerprint density at radius 3 is 2.12 bits per heavy atom. The van der Waals surface area contributed by atoms with Crippen molar-refractivity contribution in [3.05, 3.63) is 35.4 Å². The summed E-state index contributed by atoms with van der Waals surface area (Å²) in [5, 5.41) is 3.34. The molecule has 0 spiro atoms. The molecule has 0 aliphatic rings. The largest absolute Gasteiger partial charge is 0.311 e. The molecule has 0 aliphatic carbocycles. The van der Waals surface area contributed by atoms with Crippen molar-refractivity contribution in [1.29, 1.82) is 0 Å². The van der Waals surface area contributed by atoms with Crippen molar-refractivity contribution in [2.75, 3.05) is 6.54 Å². The van der Waals surface area contributed by atoms with Crippen LogP contribution in [0.2, 0.25) is 0 Å². The van der Waals surface area contributed by atoms with Gasteiger partial charge in [0.1, 0.15) is 11.6 Å². The molecule has 96 valence electrons. The van der Waals surface area contributed by atoms with E-state index in [2.05, 4.69) is 26.1 Å². The van der Waals surface area contributed by atoms with Gasteiger partial charge in [-0.15, -0.1) is 0 Å². The maximum Gasteiger partial charge on any atom is 0.129 e. The minimum absolute atomic E-state index is 0.0201. The SMILES string of the molecule is CC(C)(C)NCC(C)(C)c1ccc(F)cc1F. The van der Waals surface area contributed by atoms with Crippen molar-refractivity contribution in [3.63, 3.8) is 0 Å². The molecule has 0 unspecified atom stereocenters. The lowest BCUT2D eigenvalue weighted by Gasteiger charge is -2.31. The molecule has 0 amide bonds. The predicted molar refractivity (Wildman–Crippen MR) is 67.1 cm³/mol. The summed E-state index contributed by atoms with van der Waals surface area (Å²) in [6, 6.07) is 3.76. The van der Waals surface area contributed by atoms with E-state index in [1.165, 1.54) is 12.1 Å². The maximum absolute atomic E-state index is 13.7. The molecule has 0 bridgehead atoms. The van der Waals surface area contributed by atoms with E-state index in [0.29, 0.717) is 12.1 Å². The van der Waals surface area contributed by atoms with Crippen LogP contribution in [0.4, 0.5) is 8.78 Å². The molecule has 0 fully saturated rings. The van der Waals surface area contributed by atoms with E-state index < -0.39 is 11.6 Å². The highest BCUT2D eigenvalue weighted by Gasteiger charge is 2.26. The second kappa shape index (κ2) is 4.73. The molecule has 1 aromatic rings. The van der Waals surface area contributed by atoms with Crippen LogP contribution in [-0.4, -0.2) is 12.1 Å². The lowest BCUT2D eigenvalue weighted by Crippen LogP contribution is -2.43. The van der Waals surface area contributed by atoms with E-state index in [-0.39, 0.29) is 11.0 Å². The highest BCUT2D eigenvalue weighted by atomic mass is 19.1. The summed E-state index contributed by atoms with van der Waals surface area (Å²) in [6.45, 7) is 10.7. The fourth-order valence-electron chi connectivity index (χ4n) is 1.62. The summed E-state index contributed by atoms with van der Waals surface area (Å²) in [5.74, 6) is -1.02. The molecule has 1 nitrogen and oxygen atoms in total. The lowest BCUT2D eigenvalue weighted by molar-refractivity contribution is 0.355. The second-order valence-corrected chi connectivity index (χ2v) is 6.11. The summed E-state index contributed by atoms with van der Waals surface area (Å²) in [7, 11) is 0. The van der Waals surface area contributed by atoms with Crippen LogP contribution in [0.15, 0.2) is 18.2 Å². The van der Waals surface area contributed by atoms with Crippen LogP contribution < -0.4 is 5.32 Å². The van der Waals surface area contributed by atoms with Crippen LogP contribution in [-0.2, 0) is 5.41 Å². The van der Waals surface area contributed by atoms with Crippen molar-refractivity contribution in [3.8, 4) is 0 Å². The Kier molecular flexibility index (Phi) is 3.92. The first-order valence-electron chi connectivity index (χ1n) is 5.82. The lowest BCUT2D eigenvalue weighted by atomic mass is 9.83. The molecule has 1 aromatic carbocycles. The van der Waals surface area contributed by atoms with Crippen molar-refractivity contribution in [2.45, 2.75) is 45.6 Å². The minimum Gasteiger partial charge on any atom is -0.311 e. The third-order valence-corrected chi connectivity index (χ3v) is 2.72. The highest BCUT2D eigenvalue weighted by molar-refractivity contribution is 5.26. The summed E-state index contributed by atoms with van der Waals surface area (Å²) >= 11 is 0. The molecule has 1 rings (SSSR count). The van der Waals surface area contributed by atoms with Gasteiger partial charge in [-0.25, -0.2) is 8.78 Å². The standard InChI is InChI=1S/C14H21F2N/c1-13(2,3)17-9-14(4,5)11-7-6-10(15)8-12(11)16/h6-8,17H,9H2,1-5H3. The molecule has 0 radical (unpaired) electrons. The van der Waals surface area contributed by atoms with E-state index >= 15 is 0 Å². The third-order valence-electron chi connectivity index (χ3n) is 2.72. The average Bonchev–Trinajstić information content (AvgIpc) is 2.13. The molecule has 0 atom stereocenters. The van der Waals surface area contributed by atoms with E-state index in [1.807, 2.05) is 13.8 Å². The summed E-state index contributed by atoms with van der Waals surface area (Å²) in [6.07, 6.45) is 0. The Balaban J connectivity index is 2.89. The van der Waals surface area contributed by atoms with Gasteiger partial charge in [0.15, 0.2) is 0 Å². The van der Waals surface area contributed by atoms with Crippen LogP contribution in [0, 0.1) is 11.6 Å². The molecule has 0 aromatic heterocycles. The van der Waals surface area contributed by atoms with Gasteiger partial charge in [-0.3, -0.25) is 0 Å². The second-order valence-electron chi connectivity index (χ2n) is 6.11. The summed E-state index contributed by atoms with van der Waals surface area (Å²) in [4.78, 5) is 0. The van der Waals surface area contributed by atoms with Gasteiger partial charge in [0.2, 0.25) is 0 Å². The van der Waals surface area contributed by atoms with E-state index in [9.17, 15) is 8.78 Å². The van der Waals surface area contributed by atoms with Crippen molar-refractivity contribution in [2.24, 2.45) is 0 Å². The fourth-order valence-corrected chi connectivity index (χ4v) is 1.62. The van der Waals surface area contributed by atoms with Crippen molar-refractivity contribution >= 4 is 0 Å². The number of rotatable bonds is 3. The Bertz CT molecular complexity index is 392. The molecular weight excluding hydrogens is 220 g/mol. The van der Waals surface area contributed by atoms with Gasteiger partial charge in [-0.05, 0) is 32.4 Å². The monoisotopic (exact) mass is 241 g/mol. The Morgan fingerprint density at radius 2 is 1.65 bits per heavy atom. The van der Waals surface area contributed by atoms with Gasteiger partial charge in [0, 0.05) is 23.6 Å². The number of hydrogen-bond acceptors (Lipinski definition) is 1. The number of halogens is 2. The van der Waals surface area contributed by atoms with E-state index in [0.717, 1.165) is 6.07 Å². The quantitative estimate of drug-likeness (QED) is 0.852. The van der Waals surface area contributed by atoms with Crippen LogP contribution >= 0.6 is 0 Å². The molecular formula is C14H21F2N. The van der Waals surface area contributed by atoms with E-state index in [1.54, 1.807) is 0 Å². The smallest absolute Gasteiger partial charge is 0.129 e. The van der Waals surface area contributed by atoms with Crippen molar-refractivity contribution in [1.82, 2.24) is 5.32 Å². The van der Waals surface area contributed by atoms with Gasteiger partial charge in [-0.2, -0.15) is 0 Å². The van der Waals surface area contributed by atoms with Crippen LogP contribution in [0.1, 0.15) is 40.2 Å². The first-order chi connectivity index (χ1) is 7.62. The molecule has 0 saturated heterocycles. The number of hydrogen-bond donors (Lipinski definition) is 1. The zero-order valence-corrected chi connectivity index (χ0v) is 11.2. The normalized spacial score (nSPS) is 12.9. The number of nitrogens with one attached hydrogen (secondary N) is 1. The van der Waals surface area contributed by atoms with Gasteiger partial charge in [-0.1, -0.05) is 19.9 Å². The zero-order chi connectivity index (χ0) is 13.3. The van der Waals surface area contributed by atoms with Gasteiger partial charge < -0.3 is 5.32 Å². The Labute approximate surface area is 102 Å². The Morgan fingerprint density at radius 1 is 1.06 bits per heavy atom. The summed E-state index contributed by atoms with van der Waals surface area (Å²) in [5.41, 5.74) is 0.148. The van der Waals surface area contributed by atoms with Gasteiger partial charge in [0.25, 0.3) is 0 Å². The molecule has 17 heavy (non-hydrogen) atoms. The van der Waals surface area contributed by atoms with Crippen molar-refractivity contribution < 1.29 is 8.78 Å². The maximum atomic E-state index is 13.7. The number of benzene rings is 1. The highest BCUT2D eigenvalue weighted by Crippen LogP contribution is 2.26. The van der Waals surface area contributed by atoms with Crippen LogP contribution in [0.25, 0.3) is 0 Å². The summed E-state index contributed by atoms with van der Waals surface area (Å²) < 4.78 is 26.6. The first kappa shape index (κ1) is 14.1. The predicted octanol–water partition coefficient (Wildman–Crippen LogP) is 3.63. The van der Waals surface area contributed by atoms with Crippen LogP contribution in [0.3, 0.4) is 0 Å². The molecule has 0 aliphatic heterocycles. The molecule has 1 N–H and O–H groups in total.